The van der Waals surface area contributed by atoms with Gasteiger partial charge in [0.25, 0.3) is 5.91 Å². The summed E-state index contributed by atoms with van der Waals surface area (Å²) in [5.74, 6) is -0.732. The first kappa shape index (κ1) is 18.2. The highest BCUT2D eigenvalue weighted by molar-refractivity contribution is 5.99. The van der Waals surface area contributed by atoms with Crippen molar-refractivity contribution < 1.29 is 14.3 Å². The molecule has 1 N–H and O–H groups in total. The number of aromatic nitrogens is 3. The van der Waals surface area contributed by atoms with E-state index in [2.05, 4.69) is 27.4 Å². The second kappa shape index (κ2) is 7.42. The monoisotopic (exact) mass is 378 g/mol. The summed E-state index contributed by atoms with van der Waals surface area (Å²) in [6.07, 6.45) is 6.22. The van der Waals surface area contributed by atoms with Gasteiger partial charge in [-0.15, -0.1) is 0 Å². The van der Waals surface area contributed by atoms with Crippen LogP contribution in [0.1, 0.15) is 35.2 Å². The van der Waals surface area contributed by atoms with Crippen molar-refractivity contribution in [2.75, 3.05) is 7.11 Å². The van der Waals surface area contributed by atoms with Crippen LogP contribution >= 0.6 is 0 Å². The van der Waals surface area contributed by atoms with Gasteiger partial charge in [0, 0.05) is 12.7 Å². The van der Waals surface area contributed by atoms with Gasteiger partial charge < -0.3 is 14.6 Å². The van der Waals surface area contributed by atoms with Crippen molar-refractivity contribution >= 4 is 23.0 Å². The minimum atomic E-state index is -0.907. The molecule has 0 bridgehead atoms. The zero-order valence-corrected chi connectivity index (χ0v) is 15.7. The van der Waals surface area contributed by atoms with E-state index in [4.69, 9.17) is 4.74 Å². The van der Waals surface area contributed by atoms with E-state index in [1.54, 1.807) is 12.4 Å². The Hall–Kier alpha value is -3.22. The van der Waals surface area contributed by atoms with Crippen LogP contribution in [0.2, 0.25) is 0 Å². The maximum absolute atomic E-state index is 12.6. The lowest BCUT2D eigenvalue weighted by atomic mass is 9.76. The third kappa shape index (κ3) is 3.35. The van der Waals surface area contributed by atoms with Crippen molar-refractivity contribution in [3.8, 4) is 0 Å². The third-order valence-electron chi connectivity index (χ3n) is 5.34. The van der Waals surface area contributed by atoms with Gasteiger partial charge in [-0.2, -0.15) is 0 Å². The number of esters is 1. The molecule has 0 radical (unpaired) electrons. The number of pyridine rings is 1. The lowest BCUT2D eigenvalue weighted by molar-refractivity contribution is -0.152. The third-order valence-corrected chi connectivity index (χ3v) is 5.34. The van der Waals surface area contributed by atoms with E-state index in [9.17, 15) is 9.59 Å². The Balaban J connectivity index is 1.49. The normalized spacial score (nSPS) is 15.0. The van der Waals surface area contributed by atoms with Crippen LogP contribution in [0.5, 0.6) is 0 Å². The molecule has 2 heterocycles. The summed E-state index contributed by atoms with van der Waals surface area (Å²) in [7, 11) is 1.34. The van der Waals surface area contributed by atoms with Gasteiger partial charge in [-0.3, -0.25) is 4.79 Å². The number of amides is 1. The molecule has 0 atom stereocenters. The number of carbonyl (C=O) groups excluding carboxylic acids is 2. The number of aryl methyl sites for hydroxylation is 2. The van der Waals surface area contributed by atoms with Gasteiger partial charge in [0.1, 0.15) is 11.1 Å². The first-order valence-electron chi connectivity index (χ1n) is 9.37. The molecule has 0 aliphatic heterocycles. The number of nitrogens with one attached hydrogen (secondary N) is 1. The molecule has 1 fully saturated rings. The Morgan fingerprint density at radius 2 is 2.00 bits per heavy atom. The zero-order valence-electron chi connectivity index (χ0n) is 15.7. The van der Waals surface area contributed by atoms with Crippen LogP contribution in [0.25, 0.3) is 11.2 Å². The summed E-state index contributed by atoms with van der Waals surface area (Å²) >= 11 is 0. The van der Waals surface area contributed by atoms with Gasteiger partial charge in [0.2, 0.25) is 0 Å². The maximum atomic E-state index is 12.6. The van der Waals surface area contributed by atoms with Crippen molar-refractivity contribution in [2.24, 2.45) is 0 Å². The van der Waals surface area contributed by atoms with Crippen molar-refractivity contribution in [1.29, 1.82) is 0 Å². The van der Waals surface area contributed by atoms with Crippen LogP contribution in [0, 0.1) is 0 Å². The first-order valence-corrected chi connectivity index (χ1v) is 9.37. The van der Waals surface area contributed by atoms with Crippen molar-refractivity contribution in [1.82, 2.24) is 19.9 Å². The number of hydrogen-bond donors (Lipinski definition) is 1. The van der Waals surface area contributed by atoms with Crippen LogP contribution in [0.15, 0.2) is 48.9 Å². The topological polar surface area (TPSA) is 86.1 Å². The molecule has 0 spiro atoms. The highest BCUT2D eigenvalue weighted by Crippen LogP contribution is 2.33. The van der Waals surface area contributed by atoms with Crippen molar-refractivity contribution in [2.45, 2.75) is 37.8 Å². The lowest BCUT2D eigenvalue weighted by Crippen LogP contribution is -2.59. The summed E-state index contributed by atoms with van der Waals surface area (Å²) in [5.41, 5.74) is 2.11. The second-order valence-electron chi connectivity index (χ2n) is 7.12. The molecule has 1 saturated carbocycles. The van der Waals surface area contributed by atoms with E-state index in [1.807, 2.05) is 22.8 Å². The fourth-order valence-electron chi connectivity index (χ4n) is 3.53. The van der Waals surface area contributed by atoms with Crippen molar-refractivity contribution in [3.05, 3.63) is 60.0 Å². The van der Waals surface area contributed by atoms with Crippen LogP contribution in [0.3, 0.4) is 0 Å². The highest BCUT2D eigenvalue weighted by atomic mass is 16.5. The number of nitrogens with zero attached hydrogens (tertiary/aromatic N) is 3. The van der Waals surface area contributed by atoms with Crippen LogP contribution in [-0.2, 0) is 22.5 Å². The first-order chi connectivity index (χ1) is 13.6. The minimum absolute atomic E-state index is 0.335. The summed E-state index contributed by atoms with van der Waals surface area (Å²) in [6, 6.07) is 11.9. The Labute approximate surface area is 162 Å². The Kier molecular flexibility index (Phi) is 4.81. The molecule has 2 aromatic heterocycles. The van der Waals surface area contributed by atoms with Gasteiger partial charge >= 0.3 is 5.97 Å². The summed E-state index contributed by atoms with van der Waals surface area (Å²) in [5, 5.41) is 2.83. The molecule has 7 heteroatoms. The molecule has 7 nitrogen and oxygen atoms in total. The number of ether oxygens (including phenoxy) is 1. The number of imidazole rings is 1. The molecule has 1 aromatic carbocycles. The quantitative estimate of drug-likeness (QED) is 0.666. The van der Waals surface area contributed by atoms with E-state index >= 15 is 0 Å². The second-order valence-corrected chi connectivity index (χ2v) is 7.12. The van der Waals surface area contributed by atoms with Gasteiger partial charge in [-0.05, 0) is 37.3 Å². The maximum Gasteiger partial charge on any atom is 0.331 e. The Morgan fingerprint density at radius 3 is 2.68 bits per heavy atom. The Morgan fingerprint density at radius 1 is 1.21 bits per heavy atom. The minimum Gasteiger partial charge on any atom is -0.467 e. The summed E-state index contributed by atoms with van der Waals surface area (Å²) in [6.45, 7) is 0.754. The van der Waals surface area contributed by atoms with E-state index in [1.165, 1.54) is 18.9 Å². The number of rotatable bonds is 6. The molecule has 0 saturated heterocycles. The van der Waals surface area contributed by atoms with E-state index in [0.717, 1.165) is 25.0 Å². The Bertz CT molecular complexity index is 1010. The fraction of sp³-hybridized carbons (Fsp3) is 0.333. The summed E-state index contributed by atoms with van der Waals surface area (Å²) in [4.78, 5) is 33.5. The number of benzene rings is 1. The van der Waals surface area contributed by atoms with Crippen LogP contribution in [-0.4, -0.2) is 39.1 Å². The smallest absolute Gasteiger partial charge is 0.331 e. The molecule has 28 heavy (non-hydrogen) atoms. The fourth-order valence-corrected chi connectivity index (χ4v) is 3.53. The lowest BCUT2D eigenvalue weighted by Gasteiger charge is -2.39. The highest BCUT2D eigenvalue weighted by Gasteiger charge is 2.46. The predicted molar refractivity (Wildman–Crippen MR) is 104 cm³/mol. The van der Waals surface area contributed by atoms with E-state index < -0.39 is 11.5 Å². The molecular weight excluding hydrogens is 356 g/mol. The van der Waals surface area contributed by atoms with Gasteiger partial charge in [0.05, 0.1) is 19.0 Å². The molecular formula is C21H22N4O3. The standard InChI is InChI=1S/C21H22N4O3/c1-28-20(27)21(9-5-10-21)24-19(26)16-12-17-18(22-13-16)25(14-23-17)11-8-15-6-3-2-4-7-15/h2-4,6-7,12-14H,5,8-11H2,1H3,(H,24,26). The van der Waals surface area contributed by atoms with Crippen LogP contribution < -0.4 is 5.32 Å². The van der Waals surface area contributed by atoms with Gasteiger partial charge in [-0.1, -0.05) is 30.3 Å². The largest absolute Gasteiger partial charge is 0.467 e. The predicted octanol–water partition coefficient (Wildman–Crippen LogP) is 2.50. The van der Waals surface area contributed by atoms with Gasteiger partial charge in [0.15, 0.2) is 5.65 Å². The van der Waals surface area contributed by atoms with E-state index in [-0.39, 0.29) is 5.91 Å². The molecule has 3 aromatic rings. The molecule has 1 aliphatic carbocycles. The van der Waals surface area contributed by atoms with E-state index in [0.29, 0.717) is 23.9 Å². The SMILES string of the molecule is COC(=O)C1(NC(=O)c2cnc3c(c2)ncn3CCc2ccccc2)CCC1. The molecule has 1 amide bonds. The zero-order chi connectivity index (χ0) is 19.6. The molecule has 144 valence electrons. The molecule has 4 rings (SSSR count). The van der Waals surface area contributed by atoms with Crippen LogP contribution in [0.4, 0.5) is 0 Å². The van der Waals surface area contributed by atoms with Crippen molar-refractivity contribution in [3.63, 3.8) is 0 Å². The summed E-state index contributed by atoms with van der Waals surface area (Å²) < 4.78 is 6.82. The molecule has 1 aliphatic rings. The number of methoxy groups -OCH3 is 1. The molecule has 0 unspecified atom stereocenters. The average Bonchev–Trinajstić information content (AvgIpc) is 3.11. The number of carbonyl (C=O) groups is 2. The average molecular weight is 378 g/mol. The number of hydrogen-bond acceptors (Lipinski definition) is 5. The number of fused-ring (bicyclic) bond motifs is 1. The van der Waals surface area contributed by atoms with Gasteiger partial charge in [-0.25, -0.2) is 14.8 Å².